The van der Waals surface area contributed by atoms with Crippen molar-refractivity contribution in [3.8, 4) is 0 Å². The van der Waals surface area contributed by atoms with E-state index in [0.29, 0.717) is 11.9 Å². The van der Waals surface area contributed by atoms with Crippen LogP contribution >= 0.6 is 0 Å². The highest BCUT2D eigenvalue weighted by Crippen LogP contribution is 2.34. The average molecular weight is 221 g/mol. The van der Waals surface area contributed by atoms with Crippen molar-refractivity contribution < 1.29 is 0 Å². The Morgan fingerprint density at radius 2 is 2.12 bits per heavy atom. The van der Waals surface area contributed by atoms with Gasteiger partial charge in [0.1, 0.15) is 17.5 Å². The van der Waals surface area contributed by atoms with E-state index in [9.17, 15) is 0 Å². The SMILES string of the molecule is Cc1nc(NN)cc(NC(C)CC2CC2)n1. The molecule has 1 aromatic heterocycles. The summed E-state index contributed by atoms with van der Waals surface area (Å²) in [6, 6.07) is 2.28. The van der Waals surface area contributed by atoms with Gasteiger partial charge in [-0.25, -0.2) is 15.8 Å². The minimum Gasteiger partial charge on any atom is -0.367 e. The Morgan fingerprint density at radius 3 is 2.75 bits per heavy atom. The van der Waals surface area contributed by atoms with E-state index in [0.717, 1.165) is 17.6 Å². The van der Waals surface area contributed by atoms with Crippen LogP contribution in [0.4, 0.5) is 11.6 Å². The first-order chi connectivity index (χ1) is 7.67. The van der Waals surface area contributed by atoms with E-state index in [4.69, 9.17) is 5.84 Å². The predicted octanol–water partition coefficient (Wildman–Crippen LogP) is 1.67. The summed E-state index contributed by atoms with van der Waals surface area (Å²) in [5.41, 5.74) is 2.54. The van der Waals surface area contributed by atoms with Crippen LogP contribution in [0.15, 0.2) is 6.07 Å². The van der Waals surface area contributed by atoms with Crippen LogP contribution in [0.5, 0.6) is 0 Å². The minimum absolute atomic E-state index is 0.451. The fourth-order valence-corrected chi connectivity index (χ4v) is 1.88. The van der Waals surface area contributed by atoms with Crippen LogP contribution in [-0.4, -0.2) is 16.0 Å². The number of aryl methyl sites for hydroxylation is 1. The third-order valence-electron chi connectivity index (χ3n) is 2.76. The normalized spacial score (nSPS) is 16.9. The van der Waals surface area contributed by atoms with Crippen LogP contribution in [0.2, 0.25) is 0 Å². The van der Waals surface area contributed by atoms with Gasteiger partial charge < -0.3 is 10.7 Å². The van der Waals surface area contributed by atoms with Gasteiger partial charge in [-0.05, 0) is 26.2 Å². The second kappa shape index (κ2) is 4.65. The van der Waals surface area contributed by atoms with E-state index in [-0.39, 0.29) is 0 Å². The number of hydrazine groups is 1. The molecule has 2 rings (SSSR count). The third-order valence-corrected chi connectivity index (χ3v) is 2.76. The van der Waals surface area contributed by atoms with Gasteiger partial charge in [-0.2, -0.15) is 0 Å². The summed E-state index contributed by atoms with van der Waals surface area (Å²) < 4.78 is 0. The molecule has 0 spiro atoms. The predicted molar refractivity (Wildman–Crippen MR) is 65.0 cm³/mol. The van der Waals surface area contributed by atoms with Crippen LogP contribution in [0.1, 0.15) is 32.0 Å². The van der Waals surface area contributed by atoms with E-state index in [1.807, 2.05) is 13.0 Å². The lowest BCUT2D eigenvalue weighted by atomic mass is 10.1. The molecule has 5 nitrogen and oxygen atoms in total. The zero-order valence-corrected chi connectivity index (χ0v) is 9.83. The second-order valence-electron chi connectivity index (χ2n) is 4.55. The van der Waals surface area contributed by atoms with Gasteiger partial charge in [-0.15, -0.1) is 0 Å². The van der Waals surface area contributed by atoms with E-state index >= 15 is 0 Å². The fourth-order valence-electron chi connectivity index (χ4n) is 1.88. The Hall–Kier alpha value is -1.36. The van der Waals surface area contributed by atoms with Gasteiger partial charge in [0.15, 0.2) is 0 Å². The van der Waals surface area contributed by atoms with Gasteiger partial charge in [0, 0.05) is 12.1 Å². The maximum Gasteiger partial charge on any atom is 0.145 e. The molecule has 1 unspecified atom stereocenters. The van der Waals surface area contributed by atoms with Crippen molar-refractivity contribution in [2.75, 3.05) is 10.7 Å². The largest absolute Gasteiger partial charge is 0.367 e. The molecule has 0 aromatic carbocycles. The Morgan fingerprint density at radius 1 is 1.44 bits per heavy atom. The lowest BCUT2D eigenvalue weighted by molar-refractivity contribution is 0.639. The standard InChI is InChI=1S/C11H19N5/c1-7(5-9-3-4-9)13-10-6-11(16-12)15-8(2)14-10/h6-7,9H,3-5,12H2,1-2H3,(H2,13,14,15,16). The molecule has 1 atom stereocenters. The minimum atomic E-state index is 0.451. The summed E-state index contributed by atoms with van der Waals surface area (Å²) in [5.74, 6) is 8.46. The zero-order valence-electron chi connectivity index (χ0n) is 9.83. The second-order valence-corrected chi connectivity index (χ2v) is 4.55. The molecule has 4 N–H and O–H groups in total. The monoisotopic (exact) mass is 221 g/mol. The Labute approximate surface area is 95.8 Å². The van der Waals surface area contributed by atoms with Gasteiger partial charge in [0.05, 0.1) is 0 Å². The first-order valence-corrected chi connectivity index (χ1v) is 5.76. The summed E-state index contributed by atoms with van der Waals surface area (Å²) in [6.45, 7) is 4.04. The molecule has 1 aliphatic carbocycles. The van der Waals surface area contributed by atoms with Crippen molar-refractivity contribution in [1.29, 1.82) is 0 Å². The van der Waals surface area contributed by atoms with Crippen molar-refractivity contribution in [3.05, 3.63) is 11.9 Å². The first kappa shape index (κ1) is 11.1. The van der Waals surface area contributed by atoms with E-state index in [2.05, 4.69) is 27.6 Å². The molecule has 88 valence electrons. The molecule has 5 heteroatoms. The van der Waals surface area contributed by atoms with Crippen molar-refractivity contribution in [3.63, 3.8) is 0 Å². The first-order valence-electron chi connectivity index (χ1n) is 5.76. The smallest absolute Gasteiger partial charge is 0.145 e. The van der Waals surface area contributed by atoms with Gasteiger partial charge in [0.25, 0.3) is 0 Å². The third kappa shape index (κ3) is 3.06. The molecular weight excluding hydrogens is 202 g/mol. The average Bonchev–Trinajstić information content (AvgIpc) is 3.00. The molecule has 0 radical (unpaired) electrons. The molecule has 1 saturated carbocycles. The Bertz CT molecular complexity index is 361. The van der Waals surface area contributed by atoms with E-state index in [1.54, 1.807) is 0 Å². The van der Waals surface area contributed by atoms with Crippen LogP contribution in [0, 0.1) is 12.8 Å². The topological polar surface area (TPSA) is 75.9 Å². The summed E-state index contributed by atoms with van der Waals surface area (Å²) in [6.07, 6.45) is 3.98. The number of rotatable bonds is 5. The molecule has 1 fully saturated rings. The van der Waals surface area contributed by atoms with Gasteiger partial charge >= 0.3 is 0 Å². The molecule has 0 aliphatic heterocycles. The lowest BCUT2D eigenvalue weighted by Crippen LogP contribution is -2.18. The Balaban J connectivity index is 1.98. The number of nitrogens with two attached hydrogens (primary N) is 1. The zero-order chi connectivity index (χ0) is 11.5. The quantitative estimate of drug-likeness (QED) is 0.521. The molecule has 1 aromatic rings. The summed E-state index contributed by atoms with van der Waals surface area (Å²) >= 11 is 0. The fraction of sp³-hybridized carbons (Fsp3) is 0.636. The highest BCUT2D eigenvalue weighted by molar-refractivity contribution is 5.47. The maximum absolute atomic E-state index is 5.34. The lowest BCUT2D eigenvalue weighted by Gasteiger charge is -2.14. The summed E-state index contributed by atoms with van der Waals surface area (Å²) in [7, 11) is 0. The Kier molecular flexibility index (Phi) is 3.24. The molecule has 1 aliphatic rings. The van der Waals surface area contributed by atoms with Crippen molar-refractivity contribution in [1.82, 2.24) is 9.97 Å². The molecule has 16 heavy (non-hydrogen) atoms. The highest BCUT2D eigenvalue weighted by Gasteiger charge is 2.23. The van der Waals surface area contributed by atoms with Crippen LogP contribution in [0.3, 0.4) is 0 Å². The molecule has 0 bridgehead atoms. The molecular formula is C11H19N5. The summed E-state index contributed by atoms with van der Waals surface area (Å²) in [5, 5.41) is 3.38. The van der Waals surface area contributed by atoms with Crippen LogP contribution in [0.25, 0.3) is 0 Å². The molecule has 0 amide bonds. The number of hydrogen-bond acceptors (Lipinski definition) is 5. The number of hydrogen-bond donors (Lipinski definition) is 3. The van der Waals surface area contributed by atoms with Crippen LogP contribution in [-0.2, 0) is 0 Å². The number of nitrogen functional groups attached to an aromatic ring is 1. The van der Waals surface area contributed by atoms with E-state index in [1.165, 1.54) is 19.3 Å². The number of aromatic nitrogens is 2. The molecule has 1 heterocycles. The number of anilines is 2. The van der Waals surface area contributed by atoms with Crippen molar-refractivity contribution in [2.45, 2.75) is 39.2 Å². The van der Waals surface area contributed by atoms with E-state index < -0.39 is 0 Å². The maximum atomic E-state index is 5.34. The van der Waals surface area contributed by atoms with Crippen molar-refractivity contribution >= 4 is 11.6 Å². The van der Waals surface area contributed by atoms with Crippen molar-refractivity contribution in [2.24, 2.45) is 11.8 Å². The number of nitrogens with zero attached hydrogens (tertiary/aromatic N) is 2. The highest BCUT2D eigenvalue weighted by atomic mass is 15.3. The number of nitrogens with one attached hydrogen (secondary N) is 2. The van der Waals surface area contributed by atoms with Gasteiger partial charge in [-0.3, -0.25) is 0 Å². The summed E-state index contributed by atoms with van der Waals surface area (Å²) in [4.78, 5) is 8.48. The van der Waals surface area contributed by atoms with Crippen LogP contribution < -0.4 is 16.6 Å². The van der Waals surface area contributed by atoms with Gasteiger partial charge in [-0.1, -0.05) is 12.8 Å². The van der Waals surface area contributed by atoms with Gasteiger partial charge in [0.2, 0.25) is 0 Å². The molecule has 0 saturated heterocycles.